The number of hydrogen-bond acceptors (Lipinski definition) is 0. The van der Waals surface area contributed by atoms with E-state index in [1.807, 2.05) is 30.3 Å². The quantitative estimate of drug-likeness (QED) is 0.347. The molecule has 0 aromatic heterocycles. The van der Waals surface area contributed by atoms with Crippen molar-refractivity contribution in [1.82, 2.24) is 0 Å². The predicted octanol–water partition coefficient (Wildman–Crippen LogP) is 7.83. The summed E-state index contributed by atoms with van der Waals surface area (Å²) in [6.07, 6.45) is 13.3. The van der Waals surface area contributed by atoms with Crippen molar-refractivity contribution in [3.05, 3.63) is 95.8 Å². The summed E-state index contributed by atoms with van der Waals surface area (Å²) in [4.78, 5) is 0. The number of hydrogen-bond donors (Lipinski definition) is 0. The number of halogens is 1. The largest absolute Gasteiger partial charge is 0.207 e. The molecule has 0 nitrogen and oxygen atoms in total. The molecular weight excluding hydrogens is 379 g/mol. The zero-order valence-electron chi connectivity index (χ0n) is 18.5. The second-order valence-electron chi connectivity index (χ2n) is 9.35. The summed E-state index contributed by atoms with van der Waals surface area (Å²) in [5, 5.41) is 0. The first-order valence-electron chi connectivity index (χ1n) is 11.8. The summed E-state index contributed by atoms with van der Waals surface area (Å²) >= 11 is 0. The molecule has 0 radical (unpaired) electrons. The minimum Gasteiger partial charge on any atom is -0.207 e. The van der Waals surface area contributed by atoms with Crippen LogP contribution in [0.5, 0.6) is 0 Å². The number of benzene rings is 2. The molecule has 0 spiro atoms. The summed E-state index contributed by atoms with van der Waals surface area (Å²) in [5.74, 6) is 8.83. The molecule has 0 heterocycles. The summed E-state index contributed by atoms with van der Waals surface area (Å²) in [5.41, 5.74) is 3.88. The van der Waals surface area contributed by atoms with Crippen molar-refractivity contribution in [2.24, 2.45) is 17.8 Å². The van der Waals surface area contributed by atoms with Gasteiger partial charge in [-0.1, -0.05) is 42.2 Å². The molecule has 2 aliphatic rings. The predicted molar refractivity (Wildman–Crippen MR) is 128 cm³/mol. The number of fused-ring (bicyclic) bond motifs is 1. The lowest BCUT2D eigenvalue weighted by Crippen LogP contribution is -2.30. The Hall–Kier alpha value is -2.59. The Balaban J connectivity index is 1.40. The van der Waals surface area contributed by atoms with Crippen molar-refractivity contribution >= 4 is 0 Å². The molecule has 4 atom stereocenters. The van der Waals surface area contributed by atoms with E-state index in [-0.39, 0.29) is 5.82 Å². The van der Waals surface area contributed by atoms with Gasteiger partial charge in [0.2, 0.25) is 0 Å². The molecule has 0 amide bonds. The summed E-state index contributed by atoms with van der Waals surface area (Å²) in [6, 6.07) is 13.9. The van der Waals surface area contributed by atoms with E-state index < -0.39 is 0 Å². The molecule has 4 rings (SSSR count). The summed E-state index contributed by atoms with van der Waals surface area (Å²) in [7, 11) is 0. The fourth-order valence-corrected chi connectivity index (χ4v) is 5.53. The van der Waals surface area contributed by atoms with Crippen molar-refractivity contribution in [1.29, 1.82) is 0 Å². The van der Waals surface area contributed by atoms with Gasteiger partial charge in [-0.15, -0.1) is 13.2 Å². The van der Waals surface area contributed by atoms with Crippen LogP contribution in [0.4, 0.5) is 4.39 Å². The second kappa shape index (κ2) is 10.1. The Morgan fingerprint density at radius 2 is 1.58 bits per heavy atom. The van der Waals surface area contributed by atoms with E-state index in [0.717, 1.165) is 54.2 Å². The van der Waals surface area contributed by atoms with Crippen molar-refractivity contribution in [3.63, 3.8) is 0 Å². The highest BCUT2D eigenvalue weighted by atomic mass is 19.1. The topological polar surface area (TPSA) is 0 Å². The smallest absolute Gasteiger partial charge is 0.127 e. The van der Waals surface area contributed by atoms with E-state index in [9.17, 15) is 4.39 Å². The molecule has 2 aromatic rings. The van der Waals surface area contributed by atoms with Crippen LogP contribution in [0.25, 0.3) is 0 Å². The summed E-state index contributed by atoms with van der Waals surface area (Å²) in [6.45, 7) is 7.76. The van der Waals surface area contributed by atoms with E-state index in [2.05, 4.69) is 43.2 Å². The Morgan fingerprint density at radius 1 is 0.871 bits per heavy atom. The lowest BCUT2D eigenvalue weighted by molar-refractivity contribution is 0.132. The second-order valence-corrected chi connectivity index (χ2v) is 9.35. The van der Waals surface area contributed by atoms with Gasteiger partial charge in [-0.05, 0) is 110 Å². The maximum absolute atomic E-state index is 15.0. The van der Waals surface area contributed by atoms with E-state index in [1.165, 1.54) is 31.2 Å². The third-order valence-corrected chi connectivity index (χ3v) is 7.37. The third kappa shape index (κ3) is 5.37. The molecule has 2 aliphatic carbocycles. The first kappa shape index (κ1) is 21.6. The van der Waals surface area contributed by atoms with E-state index >= 15 is 0 Å². The number of aryl methyl sites for hydroxylation is 1. The van der Waals surface area contributed by atoms with Crippen LogP contribution in [-0.4, -0.2) is 0 Å². The average molecular weight is 413 g/mol. The monoisotopic (exact) mass is 412 g/mol. The first-order chi connectivity index (χ1) is 15.2. The Morgan fingerprint density at radius 3 is 2.32 bits per heavy atom. The van der Waals surface area contributed by atoms with Gasteiger partial charge in [0.15, 0.2) is 0 Å². The molecule has 0 N–H and O–H groups in total. The highest BCUT2D eigenvalue weighted by molar-refractivity contribution is 5.44. The minimum absolute atomic E-state index is 0.0881. The van der Waals surface area contributed by atoms with Crippen molar-refractivity contribution < 1.29 is 4.39 Å². The maximum Gasteiger partial charge on any atom is 0.127 e. The zero-order chi connectivity index (χ0) is 21.6. The van der Waals surface area contributed by atoms with Gasteiger partial charge < -0.3 is 0 Å². The van der Waals surface area contributed by atoms with Crippen LogP contribution in [0.2, 0.25) is 0 Å². The highest BCUT2D eigenvalue weighted by Crippen LogP contribution is 2.48. The Kier molecular flexibility index (Phi) is 7.08. The molecule has 1 heteroatoms. The van der Waals surface area contributed by atoms with Crippen LogP contribution < -0.4 is 0 Å². The molecule has 31 heavy (non-hydrogen) atoms. The molecule has 2 fully saturated rings. The van der Waals surface area contributed by atoms with Crippen LogP contribution in [0.15, 0.2) is 67.8 Å². The van der Waals surface area contributed by atoms with Crippen LogP contribution in [0.1, 0.15) is 73.1 Å². The highest BCUT2D eigenvalue weighted by Gasteiger charge is 2.35. The van der Waals surface area contributed by atoms with Gasteiger partial charge in [-0.25, -0.2) is 4.39 Å². The van der Waals surface area contributed by atoms with Crippen LogP contribution in [-0.2, 0) is 6.42 Å². The average Bonchev–Trinajstić information content (AvgIpc) is 2.81. The van der Waals surface area contributed by atoms with E-state index in [1.54, 1.807) is 6.07 Å². The van der Waals surface area contributed by atoms with Gasteiger partial charge in [0.25, 0.3) is 0 Å². The van der Waals surface area contributed by atoms with Gasteiger partial charge in [0.1, 0.15) is 5.82 Å². The van der Waals surface area contributed by atoms with Crippen LogP contribution >= 0.6 is 0 Å². The van der Waals surface area contributed by atoms with Gasteiger partial charge in [-0.2, -0.15) is 0 Å². The summed E-state index contributed by atoms with van der Waals surface area (Å²) < 4.78 is 15.0. The maximum atomic E-state index is 15.0. The molecule has 0 aliphatic heterocycles. The van der Waals surface area contributed by atoms with Crippen LogP contribution in [0.3, 0.4) is 0 Å². The third-order valence-electron chi connectivity index (χ3n) is 7.37. The normalized spacial score (nSPS) is 25.1. The molecule has 2 aromatic carbocycles. The molecular formula is C30H33F. The number of allylic oxidation sites excluding steroid dienone is 2. The van der Waals surface area contributed by atoms with E-state index in [4.69, 9.17) is 0 Å². The van der Waals surface area contributed by atoms with Gasteiger partial charge in [0, 0.05) is 11.1 Å². The molecule has 0 saturated heterocycles. The van der Waals surface area contributed by atoms with Crippen LogP contribution in [0, 0.1) is 35.4 Å². The van der Waals surface area contributed by atoms with E-state index in [0.29, 0.717) is 11.8 Å². The van der Waals surface area contributed by atoms with Crippen molar-refractivity contribution in [3.8, 4) is 11.8 Å². The van der Waals surface area contributed by atoms with Crippen molar-refractivity contribution in [2.75, 3.05) is 0 Å². The van der Waals surface area contributed by atoms with Crippen molar-refractivity contribution in [2.45, 2.75) is 57.3 Å². The lowest BCUT2D eigenvalue weighted by atomic mass is 9.64. The molecule has 160 valence electrons. The molecule has 0 bridgehead atoms. The standard InChI is InChI=1S/C30H33F/c1-3-5-6-23-7-9-24(10-8-23)11-12-25-14-18-29(30(31)20-25)28-17-16-26-19-22(4-2)13-15-27(26)21-28/h3-4,7-10,14,18,20,22,26-28H,1-2,5-6,13,15-17,19,21H2. The Bertz CT molecular complexity index is 972. The molecule has 4 unspecified atom stereocenters. The van der Waals surface area contributed by atoms with Gasteiger partial charge >= 0.3 is 0 Å². The number of rotatable bonds is 5. The lowest BCUT2D eigenvalue weighted by Gasteiger charge is -2.41. The minimum atomic E-state index is -0.0881. The van der Waals surface area contributed by atoms with Gasteiger partial charge in [0.05, 0.1) is 0 Å². The zero-order valence-corrected chi connectivity index (χ0v) is 18.5. The first-order valence-corrected chi connectivity index (χ1v) is 11.8. The van der Waals surface area contributed by atoms with Gasteiger partial charge in [-0.3, -0.25) is 0 Å². The fraction of sp³-hybridized carbons (Fsp3) is 0.400. The Labute approximate surface area is 187 Å². The fourth-order valence-electron chi connectivity index (χ4n) is 5.53. The SMILES string of the molecule is C=CCCc1ccc(C#Cc2ccc(C3CCC4CC(C=C)CCC4C3)c(F)c2)cc1. The molecule has 2 saturated carbocycles.